The third-order valence-corrected chi connectivity index (χ3v) is 1.85. The van der Waals surface area contributed by atoms with Gasteiger partial charge < -0.3 is 24.1 Å². The van der Waals surface area contributed by atoms with Crippen molar-refractivity contribution in [3.63, 3.8) is 0 Å². The van der Waals surface area contributed by atoms with Crippen LogP contribution in [0, 0.1) is 0 Å². The van der Waals surface area contributed by atoms with Gasteiger partial charge in [-0.3, -0.25) is 0 Å². The molecule has 0 bridgehead atoms. The number of aliphatic hydroxyl groups excluding tert-OH is 1. The van der Waals surface area contributed by atoms with E-state index in [0.717, 1.165) is 0 Å². The number of methoxy groups -OCH3 is 3. The number of rotatable bonds is 7. The van der Waals surface area contributed by atoms with E-state index in [-0.39, 0.29) is 6.61 Å². The summed E-state index contributed by atoms with van der Waals surface area (Å²) < 4.78 is 14.8. The van der Waals surface area contributed by atoms with Gasteiger partial charge >= 0.3 is 0 Å². The van der Waals surface area contributed by atoms with Crippen LogP contribution >= 0.6 is 0 Å². The van der Waals surface area contributed by atoms with Crippen molar-refractivity contribution in [2.24, 2.45) is 0 Å². The molecule has 0 aromatic carbocycles. The largest absolute Gasteiger partial charge is 0.394 e. The molecule has 78 valence electrons. The molecule has 0 aromatic heterocycles. The Balaban J connectivity index is 4.34. The highest BCUT2D eigenvalue weighted by molar-refractivity contribution is 5.57. The van der Waals surface area contributed by atoms with E-state index in [1.54, 1.807) is 0 Å². The first-order chi connectivity index (χ1) is 6.24. The van der Waals surface area contributed by atoms with Crippen LogP contribution in [-0.2, 0) is 19.0 Å². The standard InChI is InChI=1S/C8H16O5/c1-11-6(4-9)8(13-3)7(5-10)12-2/h4,6-8,10H,5H2,1-3H3/t6-,7-,8+/m0/s1. The van der Waals surface area contributed by atoms with E-state index in [1.165, 1.54) is 21.3 Å². The Hall–Kier alpha value is -0.490. The Morgan fingerprint density at radius 3 is 2.08 bits per heavy atom. The van der Waals surface area contributed by atoms with Crippen molar-refractivity contribution in [1.82, 2.24) is 0 Å². The molecular weight excluding hydrogens is 176 g/mol. The molecule has 13 heavy (non-hydrogen) atoms. The van der Waals surface area contributed by atoms with Gasteiger partial charge in [-0.1, -0.05) is 0 Å². The molecule has 0 spiro atoms. The summed E-state index contributed by atoms with van der Waals surface area (Å²) in [5.41, 5.74) is 0. The minimum absolute atomic E-state index is 0.220. The summed E-state index contributed by atoms with van der Waals surface area (Å²) in [7, 11) is 4.27. The molecule has 0 rings (SSSR count). The van der Waals surface area contributed by atoms with E-state index < -0.39 is 18.3 Å². The highest BCUT2D eigenvalue weighted by Crippen LogP contribution is 2.08. The summed E-state index contributed by atoms with van der Waals surface area (Å²) in [6, 6.07) is 0. The Kier molecular flexibility index (Phi) is 6.70. The van der Waals surface area contributed by atoms with E-state index in [2.05, 4.69) is 0 Å². The average Bonchev–Trinajstić information content (AvgIpc) is 2.18. The Labute approximate surface area is 77.6 Å². The molecule has 0 fully saturated rings. The van der Waals surface area contributed by atoms with Crippen LogP contribution in [0.2, 0.25) is 0 Å². The number of hydrogen-bond acceptors (Lipinski definition) is 5. The smallest absolute Gasteiger partial charge is 0.151 e. The highest BCUT2D eigenvalue weighted by Gasteiger charge is 2.29. The van der Waals surface area contributed by atoms with Gasteiger partial charge in [0.2, 0.25) is 0 Å². The average molecular weight is 192 g/mol. The lowest BCUT2D eigenvalue weighted by Crippen LogP contribution is -2.44. The molecule has 3 atom stereocenters. The van der Waals surface area contributed by atoms with Gasteiger partial charge in [0, 0.05) is 21.3 Å². The molecule has 0 saturated carbocycles. The first kappa shape index (κ1) is 12.5. The second-order valence-electron chi connectivity index (χ2n) is 2.49. The number of aldehydes is 1. The minimum Gasteiger partial charge on any atom is -0.394 e. The fraction of sp³-hybridized carbons (Fsp3) is 0.875. The predicted octanol–water partition coefficient (Wildman–Crippen LogP) is -0.777. The van der Waals surface area contributed by atoms with Crippen molar-refractivity contribution >= 4 is 6.29 Å². The maximum Gasteiger partial charge on any atom is 0.151 e. The molecule has 0 aliphatic carbocycles. The molecule has 0 heterocycles. The third kappa shape index (κ3) is 3.40. The quantitative estimate of drug-likeness (QED) is 0.536. The van der Waals surface area contributed by atoms with Crippen molar-refractivity contribution in [1.29, 1.82) is 0 Å². The second kappa shape index (κ2) is 6.97. The van der Waals surface area contributed by atoms with Gasteiger partial charge in [-0.25, -0.2) is 0 Å². The molecule has 0 aliphatic heterocycles. The van der Waals surface area contributed by atoms with Crippen molar-refractivity contribution in [3.05, 3.63) is 0 Å². The van der Waals surface area contributed by atoms with Gasteiger partial charge in [-0.05, 0) is 0 Å². The van der Waals surface area contributed by atoms with E-state index in [1.807, 2.05) is 0 Å². The number of carbonyl (C=O) groups is 1. The molecule has 0 unspecified atom stereocenters. The summed E-state index contributed by atoms with van der Waals surface area (Å²) in [4.78, 5) is 10.5. The van der Waals surface area contributed by atoms with Crippen molar-refractivity contribution in [2.45, 2.75) is 18.3 Å². The van der Waals surface area contributed by atoms with E-state index in [4.69, 9.17) is 19.3 Å². The highest BCUT2D eigenvalue weighted by atomic mass is 16.6. The van der Waals surface area contributed by atoms with Crippen LogP contribution in [0.1, 0.15) is 0 Å². The zero-order valence-corrected chi connectivity index (χ0v) is 8.10. The van der Waals surface area contributed by atoms with Gasteiger partial charge in [0.05, 0.1) is 6.61 Å². The zero-order chi connectivity index (χ0) is 10.3. The predicted molar refractivity (Wildman–Crippen MR) is 45.5 cm³/mol. The topological polar surface area (TPSA) is 65.0 Å². The lowest BCUT2D eigenvalue weighted by Gasteiger charge is -2.26. The summed E-state index contributed by atoms with van der Waals surface area (Å²) in [5, 5.41) is 8.89. The molecule has 5 nitrogen and oxygen atoms in total. The van der Waals surface area contributed by atoms with E-state index in [0.29, 0.717) is 6.29 Å². The summed E-state index contributed by atoms with van der Waals surface area (Å²) in [5.74, 6) is 0. The summed E-state index contributed by atoms with van der Waals surface area (Å²) in [6.07, 6.45) is -1.24. The van der Waals surface area contributed by atoms with Crippen molar-refractivity contribution in [2.75, 3.05) is 27.9 Å². The lowest BCUT2D eigenvalue weighted by atomic mass is 10.1. The number of ether oxygens (including phenoxy) is 3. The fourth-order valence-corrected chi connectivity index (χ4v) is 1.08. The molecule has 0 aliphatic rings. The molecule has 0 amide bonds. The van der Waals surface area contributed by atoms with E-state index in [9.17, 15) is 4.79 Å². The monoisotopic (exact) mass is 192 g/mol. The SMILES string of the molecule is CO[C@H]([C@H](C=O)OC)[C@H](CO)OC. The van der Waals surface area contributed by atoms with Crippen LogP contribution in [0.4, 0.5) is 0 Å². The first-order valence-corrected chi connectivity index (χ1v) is 3.89. The van der Waals surface area contributed by atoms with Crippen LogP contribution in [0.3, 0.4) is 0 Å². The number of carbonyl (C=O) groups excluding carboxylic acids is 1. The summed E-state index contributed by atoms with van der Waals surface area (Å²) >= 11 is 0. The molecular formula is C8H16O5. The van der Waals surface area contributed by atoms with Gasteiger partial charge in [-0.15, -0.1) is 0 Å². The van der Waals surface area contributed by atoms with Crippen molar-refractivity contribution < 1.29 is 24.1 Å². The number of aliphatic hydroxyl groups is 1. The van der Waals surface area contributed by atoms with Gasteiger partial charge in [0.1, 0.15) is 18.3 Å². The maximum absolute atomic E-state index is 10.5. The Morgan fingerprint density at radius 2 is 1.85 bits per heavy atom. The maximum atomic E-state index is 10.5. The van der Waals surface area contributed by atoms with Crippen LogP contribution < -0.4 is 0 Å². The zero-order valence-electron chi connectivity index (χ0n) is 8.10. The molecule has 5 heteroatoms. The van der Waals surface area contributed by atoms with Crippen LogP contribution in [0.5, 0.6) is 0 Å². The third-order valence-electron chi connectivity index (χ3n) is 1.85. The first-order valence-electron chi connectivity index (χ1n) is 3.89. The van der Waals surface area contributed by atoms with Gasteiger partial charge in [0.15, 0.2) is 6.29 Å². The molecule has 0 saturated heterocycles. The van der Waals surface area contributed by atoms with Crippen molar-refractivity contribution in [3.8, 4) is 0 Å². The fourth-order valence-electron chi connectivity index (χ4n) is 1.08. The second-order valence-corrected chi connectivity index (χ2v) is 2.49. The van der Waals surface area contributed by atoms with Crippen LogP contribution in [0.15, 0.2) is 0 Å². The summed E-state index contributed by atoms with van der Waals surface area (Å²) in [6.45, 7) is -0.220. The lowest BCUT2D eigenvalue weighted by molar-refractivity contribution is -0.140. The van der Waals surface area contributed by atoms with Crippen LogP contribution in [0.25, 0.3) is 0 Å². The number of hydrogen-bond donors (Lipinski definition) is 1. The molecule has 0 aromatic rings. The Bertz CT molecular complexity index is 134. The van der Waals surface area contributed by atoms with Gasteiger partial charge in [-0.2, -0.15) is 0 Å². The Morgan fingerprint density at radius 1 is 1.23 bits per heavy atom. The molecule has 1 N–H and O–H groups in total. The molecule has 0 radical (unpaired) electrons. The normalized spacial score (nSPS) is 17.8. The van der Waals surface area contributed by atoms with Gasteiger partial charge in [0.25, 0.3) is 0 Å². The van der Waals surface area contributed by atoms with E-state index >= 15 is 0 Å². The van der Waals surface area contributed by atoms with Crippen LogP contribution in [-0.4, -0.2) is 57.6 Å². The minimum atomic E-state index is -0.720.